The topological polar surface area (TPSA) is 52.2 Å². The number of hydrogen-bond donors (Lipinski definition) is 1. The van der Waals surface area contributed by atoms with Gasteiger partial charge < -0.3 is 9.88 Å². The third kappa shape index (κ3) is 3.94. The summed E-state index contributed by atoms with van der Waals surface area (Å²) in [6.45, 7) is 5.53. The lowest BCUT2D eigenvalue weighted by Gasteiger charge is -2.41. The number of H-pyrrole nitrogens is 1. The number of amides is 1. The number of carbonyl (C=O) groups is 1. The predicted octanol–water partition coefficient (Wildman–Crippen LogP) is 4.08. The third-order valence-corrected chi connectivity index (χ3v) is 5.73. The van der Waals surface area contributed by atoms with Gasteiger partial charge in [-0.25, -0.2) is 4.98 Å². The average molecular weight is 377 g/mol. The van der Waals surface area contributed by atoms with Crippen LogP contribution in [0.25, 0.3) is 10.8 Å². The Morgan fingerprint density at radius 3 is 2.86 bits per heavy atom. The SMILES string of the molecule is CCCCC1CN(C(=O)c2cccc3ccccc23)CCN1Cc1cnc[nH]1. The van der Waals surface area contributed by atoms with Crippen LogP contribution in [-0.2, 0) is 6.54 Å². The molecule has 0 spiro atoms. The van der Waals surface area contributed by atoms with Crippen molar-refractivity contribution in [1.82, 2.24) is 19.8 Å². The van der Waals surface area contributed by atoms with E-state index < -0.39 is 0 Å². The van der Waals surface area contributed by atoms with Gasteiger partial charge in [0.1, 0.15) is 0 Å². The Bertz CT molecular complexity index is 916. The molecule has 5 nitrogen and oxygen atoms in total. The Kier molecular flexibility index (Phi) is 5.72. The van der Waals surface area contributed by atoms with Crippen molar-refractivity contribution in [2.24, 2.45) is 0 Å². The van der Waals surface area contributed by atoms with Crippen LogP contribution in [-0.4, -0.2) is 51.4 Å². The Hall–Kier alpha value is -2.66. The molecule has 1 aliphatic rings. The molecule has 1 atom stereocenters. The minimum Gasteiger partial charge on any atom is -0.347 e. The summed E-state index contributed by atoms with van der Waals surface area (Å²) in [4.78, 5) is 25.2. The Morgan fingerprint density at radius 1 is 1.18 bits per heavy atom. The van der Waals surface area contributed by atoms with Gasteiger partial charge in [0.25, 0.3) is 5.91 Å². The highest BCUT2D eigenvalue weighted by atomic mass is 16.2. The van der Waals surface area contributed by atoms with Gasteiger partial charge in [-0.3, -0.25) is 9.69 Å². The highest BCUT2D eigenvalue weighted by Gasteiger charge is 2.30. The van der Waals surface area contributed by atoms with Crippen molar-refractivity contribution in [2.45, 2.75) is 38.8 Å². The van der Waals surface area contributed by atoms with Crippen LogP contribution in [0.3, 0.4) is 0 Å². The van der Waals surface area contributed by atoms with E-state index in [9.17, 15) is 4.79 Å². The zero-order valence-corrected chi connectivity index (χ0v) is 16.5. The molecule has 1 amide bonds. The summed E-state index contributed by atoms with van der Waals surface area (Å²) in [5.41, 5.74) is 1.95. The van der Waals surface area contributed by atoms with Gasteiger partial charge in [0.2, 0.25) is 0 Å². The van der Waals surface area contributed by atoms with E-state index in [1.807, 2.05) is 41.4 Å². The first-order valence-corrected chi connectivity index (χ1v) is 10.2. The number of fused-ring (bicyclic) bond motifs is 1. The molecule has 0 bridgehead atoms. The third-order valence-electron chi connectivity index (χ3n) is 5.73. The average Bonchev–Trinajstić information content (AvgIpc) is 3.25. The first-order chi connectivity index (χ1) is 13.8. The molecule has 1 aromatic heterocycles. The largest absolute Gasteiger partial charge is 0.347 e. The maximum absolute atomic E-state index is 13.3. The standard InChI is InChI=1S/C23H28N4O/c1-2-3-9-20-16-27(13-12-26(20)15-19-14-24-17-25-19)23(28)22-11-6-8-18-7-4-5-10-21(18)22/h4-8,10-11,14,17,20H,2-3,9,12-13,15-16H2,1H3,(H,24,25). The lowest BCUT2D eigenvalue weighted by molar-refractivity contribution is 0.0433. The second-order valence-electron chi connectivity index (χ2n) is 7.62. The lowest BCUT2D eigenvalue weighted by Crippen LogP contribution is -2.54. The zero-order chi connectivity index (χ0) is 19.3. The van der Waals surface area contributed by atoms with Crippen LogP contribution in [0.2, 0.25) is 0 Å². The van der Waals surface area contributed by atoms with Gasteiger partial charge in [0.15, 0.2) is 0 Å². The highest BCUT2D eigenvalue weighted by molar-refractivity contribution is 6.07. The molecule has 2 heterocycles. The van der Waals surface area contributed by atoms with E-state index in [1.165, 1.54) is 12.8 Å². The normalized spacial score (nSPS) is 17.9. The molecule has 1 saturated heterocycles. The van der Waals surface area contributed by atoms with Gasteiger partial charge in [-0.2, -0.15) is 0 Å². The fourth-order valence-electron chi connectivity index (χ4n) is 4.17. The molecular formula is C23H28N4O. The van der Waals surface area contributed by atoms with Gasteiger partial charge in [-0.05, 0) is 23.3 Å². The van der Waals surface area contributed by atoms with Crippen molar-refractivity contribution < 1.29 is 4.79 Å². The molecular weight excluding hydrogens is 348 g/mol. The van der Waals surface area contributed by atoms with E-state index in [0.29, 0.717) is 6.04 Å². The van der Waals surface area contributed by atoms with Crippen LogP contribution in [0.5, 0.6) is 0 Å². The van der Waals surface area contributed by atoms with Crippen molar-refractivity contribution in [3.8, 4) is 0 Å². The fourth-order valence-corrected chi connectivity index (χ4v) is 4.17. The molecule has 2 aromatic carbocycles. The number of rotatable bonds is 6. The number of aromatic amines is 1. The fraction of sp³-hybridized carbons (Fsp3) is 0.391. The van der Waals surface area contributed by atoms with Crippen molar-refractivity contribution in [3.63, 3.8) is 0 Å². The van der Waals surface area contributed by atoms with Crippen LogP contribution in [0.1, 0.15) is 42.2 Å². The summed E-state index contributed by atoms with van der Waals surface area (Å²) < 4.78 is 0. The van der Waals surface area contributed by atoms with Crippen LogP contribution in [0, 0.1) is 0 Å². The molecule has 28 heavy (non-hydrogen) atoms. The summed E-state index contributed by atoms with van der Waals surface area (Å²) in [5, 5.41) is 2.16. The van der Waals surface area contributed by atoms with Gasteiger partial charge in [-0.1, -0.05) is 56.2 Å². The molecule has 1 aliphatic heterocycles. The van der Waals surface area contributed by atoms with Crippen LogP contribution in [0.15, 0.2) is 55.0 Å². The summed E-state index contributed by atoms with van der Waals surface area (Å²) >= 11 is 0. The molecule has 5 heteroatoms. The highest BCUT2D eigenvalue weighted by Crippen LogP contribution is 2.23. The number of nitrogens with one attached hydrogen (secondary N) is 1. The van der Waals surface area contributed by atoms with Gasteiger partial charge in [0, 0.05) is 49.7 Å². The molecule has 1 N–H and O–H groups in total. The van der Waals surface area contributed by atoms with Crippen molar-refractivity contribution >= 4 is 16.7 Å². The summed E-state index contributed by atoms with van der Waals surface area (Å²) in [6, 6.07) is 14.5. The maximum Gasteiger partial charge on any atom is 0.254 e. The number of carbonyl (C=O) groups excluding carboxylic acids is 1. The van der Waals surface area contributed by atoms with E-state index in [4.69, 9.17) is 0 Å². The predicted molar refractivity (Wildman–Crippen MR) is 112 cm³/mol. The Morgan fingerprint density at radius 2 is 2.04 bits per heavy atom. The number of aromatic nitrogens is 2. The number of unbranched alkanes of at least 4 members (excludes halogenated alkanes) is 1. The number of imidazole rings is 1. The molecule has 0 saturated carbocycles. The lowest BCUT2D eigenvalue weighted by atomic mass is 10.0. The van der Waals surface area contributed by atoms with Crippen LogP contribution >= 0.6 is 0 Å². The van der Waals surface area contributed by atoms with Gasteiger partial charge in [0.05, 0.1) is 6.33 Å². The summed E-state index contributed by atoms with van der Waals surface area (Å²) in [6.07, 6.45) is 7.09. The number of piperazine rings is 1. The van der Waals surface area contributed by atoms with E-state index in [0.717, 1.165) is 54.6 Å². The molecule has 1 fully saturated rings. The Labute approximate surface area is 166 Å². The van der Waals surface area contributed by atoms with E-state index in [1.54, 1.807) is 6.33 Å². The van der Waals surface area contributed by atoms with E-state index >= 15 is 0 Å². The van der Waals surface area contributed by atoms with E-state index in [-0.39, 0.29) is 5.91 Å². The summed E-state index contributed by atoms with van der Waals surface area (Å²) in [5.74, 6) is 0.152. The minimum atomic E-state index is 0.152. The quantitative estimate of drug-likeness (QED) is 0.705. The molecule has 3 aromatic rings. The molecule has 146 valence electrons. The first-order valence-electron chi connectivity index (χ1n) is 10.2. The Balaban J connectivity index is 1.53. The van der Waals surface area contributed by atoms with Crippen molar-refractivity contribution in [3.05, 3.63) is 66.2 Å². The van der Waals surface area contributed by atoms with Gasteiger partial charge >= 0.3 is 0 Å². The number of nitrogens with zero attached hydrogens (tertiary/aromatic N) is 3. The number of hydrogen-bond acceptors (Lipinski definition) is 3. The van der Waals surface area contributed by atoms with Crippen molar-refractivity contribution in [1.29, 1.82) is 0 Å². The van der Waals surface area contributed by atoms with E-state index in [2.05, 4.69) is 33.9 Å². The number of benzene rings is 2. The second-order valence-corrected chi connectivity index (χ2v) is 7.62. The maximum atomic E-state index is 13.3. The molecule has 0 aliphatic carbocycles. The first kappa shape index (κ1) is 18.7. The smallest absolute Gasteiger partial charge is 0.254 e. The van der Waals surface area contributed by atoms with Crippen molar-refractivity contribution in [2.75, 3.05) is 19.6 Å². The van der Waals surface area contributed by atoms with Gasteiger partial charge in [-0.15, -0.1) is 0 Å². The van der Waals surface area contributed by atoms with Crippen LogP contribution in [0.4, 0.5) is 0 Å². The minimum absolute atomic E-state index is 0.152. The summed E-state index contributed by atoms with van der Waals surface area (Å²) in [7, 11) is 0. The molecule has 4 rings (SSSR count). The monoisotopic (exact) mass is 376 g/mol. The second kappa shape index (κ2) is 8.57. The molecule has 0 radical (unpaired) electrons. The zero-order valence-electron chi connectivity index (χ0n) is 16.5. The van der Waals surface area contributed by atoms with Crippen LogP contribution < -0.4 is 0 Å². The molecule has 1 unspecified atom stereocenters.